The van der Waals surface area contributed by atoms with Gasteiger partial charge in [-0.05, 0) is 23.6 Å². The fraction of sp³-hybridized carbons (Fsp3) is 0.400. The number of allylic oxidation sites excluding steroid dienone is 3. The van der Waals surface area contributed by atoms with Crippen LogP contribution < -0.4 is 11.2 Å². The van der Waals surface area contributed by atoms with E-state index in [1.807, 2.05) is 0 Å². The van der Waals surface area contributed by atoms with Crippen LogP contribution in [0.25, 0.3) is 5.70 Å². The van der Waals surface area contributed by atoms with Crippen LogP contribution in [0, 0.1) is 11.3 Å². The van der Waals surface area contributed by atoms with E-state index in [0.29, 0.717) is 4.57 Å². The van der Waals surface area contributed by atoms with Gasteiger partial charge in [0.1, 0.15) is 12.3 Å². The van der Waals surface area contributed by atoms with Crippen molar-refractivity contribution in [3.8, 4) is 0 Å². The van der Waals surface area contributed by atoms with Crippen LogP contribution in [0.2, 0.25) is 0 Å². The van der Waals surface area contributed by atoms with E-state index in [2.05, 4.69) is 6.58 Å². The smallest absolute Gasteiger partial charge is 0.431 e. The first-order valence-electron chi connectivity index (χ1n) is 9.20. The van der Waals surface area contributed by atoms with E-state index in [1.54, 1.807) is 13.8 Å². The average molecular weight is 477 g/mol. The number of esters is 1. The molecule has 8 nitrogen and oxygen atoms in total. The molecule has 1 aromatic heterocycles. The van der Waals surface area contributed by atoms with E-state index in [-0.39, 0.29) is 22.8 Å². The van der Waals surface area contributed by atoms with Crippen molar-refractivity contribution in [3.05, 3.63) is 63.0 Å². The van der Waals surface area contributed by atoms with Crippen LogP contribution in [0.5, 0.6) is 0 Å². The van der Waals surface area contributed by atoms with Crippen molar-refractivity contribution < 1.29 is 32.6 Å². The number of nitrogens with zero attached hydrogens (tertiary/aromatic N) is 2. The summed E-state index contributed by atoms with van der Waals surface area (Å²) in [6.45, 7) is 6.27. The molecule has 0 saturated heterocycles. The summed E-state index contributed by atoms with van der Waals surface area (Å²) in [6, 6.07) is 0.205. The van der Waals surface area contributed by atoms with Crippen LogP contribution in [-0.2, 0) is 27.5 Å². The Hall–Kier alpha value is -3.08. The van der Waals surface area contributed by atoms with Crippen LogP contribution in [0.1, 0.15) is 19.5 Å². The zero-order chi connectivity index (χ0) is 24.6. The molecule has 2 unspecified atom stereocenters. The van der Waals surface area contributed by atoms with Crippen molar-refractivity contribution in [2.75, 3.05) is 6.61 Å². The molecular weight excluding hydrogens is 457 g/mol. The van der Waals surface area contributed by atoms with Crippen LogP contribution in [-0.4, -0.2) is 38.2 Å². The van der Waals surface area contributed by atoms with Crippen LogP contribution in [0.15, 0.2) is 46.0 Å². The number of carboxylic acid groups (broad SMARTS) is 1. The molecule has 0 saturated carbocycles. The molecule has 0 radical (unpaired) electrons. The Morgan fingerprint density at radius 3 is 2.44 bits per heavy atom. The number of rotatable bonds is 6. The minimum atomic E-state index is -4.98. The Labute approximate surface area is 184 Å². The monoisotopic (exact) mass is 476 g/mol. The summed E-state index contributed by atoms with van der Waals surface area (Å²) in [6.07, 6.45) is -1.83. The third-order valence-electron chi connectivity index (χ3n) is 4.94. The zero-order valence-corrected chi connectivity index (χ0v) is 18.0. The van der Waals surface area contributed by atoms with Gasteiger partial charge < -0.3 is 9.84 Å². The molecule has 1 heterocycles. The first-order valence-corrected chi connectivity index (χ1v) is 9.64. The predicted molar refractivity (Wildman–Crippen MR) is 109 cm³/mol. The number of hydrogen-bond acceptors (Lipinski definition) is 5. The van der Waals surface area contributed by atoms with E-state index < -0.39 is 57.5 Å². The lowest BCUT2D eigenvalue weighted by molar-refractivity contribution is -0.163. The average Bonchev–Trinajstić information content (AvgIpc) is 2.68. The van der Waals surface area contributed by atoms with Crippen LogP contribution >= 0.6 is 11.6 Å². The van der Waals surface area contributed by atoms with Crippen LogP contribution in [0.3, 0.4) is 0 Å². The van der Waals surface area contributed by atoms with Gasteiger partial charge in [0.2, 0.25) is 5.41 Å². The van der Waals surface area contributed by atoms with Crippen molar-refractivity contribution in [1.82, 2.24) is 9.13 Å². The number of carbonyl (C=O) groups excluding carboxylic acids is 1. The molecule has 0 fully saturated rings. The number of aromatic nitrogens is 2. The molecule has 1 N–H and O–H groups in total. The van der Waals surface area contributed by atoms with Gasteiger partial charge >= 0.3 is 23.8 Å². The predicted octanol–water partition coefficient (Wildman–Crippen LogP) is 2.41. The molecule has 1 aromatic rings. The second-order valence-electron chi connectivity index (χ2n) is 7.33. The first-order chi connectivity index (χ1) is 14.7. The lowest BCUT2D eigenvalue weighted by Crippen LogP contribution is -2.50. The van der Waals surface area contributed by atoms with Gasteiger partial charge in [0, 0.05) is 13.1 Å². The second kappa shape index (κ2) is 8.81. The summed E-state index contributed by atoms with van der Waals surface area (Å²) < 4.78 is 44.9. The molecule has 0 aliphatic heterocycles. The highest BCUT2D eigenvalue weighted by Crippen LogP contribution is 2.43. The highest BCUT2D eigenvalue weighted by Gasteiger charge is 2.55. The Morgan fingerprint density at radius 2 is 1.97 bits per heavy atom. The van der Waals surface area contributed by atoms with Crippen molar-refractivity contribution in [3.63, 3.8) is 0 Å². The molecule has 174 valence electrons. The normalized spacial score (nSPS) is 21.1. The van der Waals surface area contributed by atoms with Gasteiger partial charge in [0.05, 0.1) is 11.1 Å². The topological polar surface area (TPSA) is 108 Å². The molecule has 0 spiro atoms. The fourth-order valence-electron chi connectivity index (χ4n) is 3.25. The summed E-state index contributed by atoms with van der Waals surface area (Å²) in [5.74, 6) is -3.47. The van der Waals surface area contributed by atoms with Gasteiger partial charge in [0.25, 0.3) is 5.56 Å². The maximum atomic E-state index is 13.2. The quantitative estimate of drug-likeness (QED) is 0.292. The lowest BCUT2D eigenvalue weighted by atomic mass is 9.74. The molecule has 1 aliphatic carbocycles. The SMILES string of the molecule is C=CCOC(=O)C1(C(=O)O)C=C(n2c(=O)cc(C(F)(F)F)n(C)c2=O)C=C(C(C)C)C1Cl. The first kappa shape index (κ1) is 25.2. The summed E-state index contributed by atoms with van der Waals surface area (Å²) in [7, 11) is 0.810. The maximum Gasteiger partial charge on any atom is 0.431 e. The number of halogens is 4. The number of hydrogen-bond donors (Lipinski definition) is 1. The van der Waals surface area contributed by atoms with E-state index in [4.69, 9.17) is 16.3 Å². The Kier molecular flexibility index (Phi) is 6.93. The minimum Gasteiger partial charge on any atom is -0.480 e. The Balaban J connectivity index is 2.91. The molecule has 0 bridgehead atoms. The third-order valence-corrected chi connectivity index (χ3v) is 5.54. The minimum absolute atomic E-state index is 0.163. The maximum absolute atomic E-state index is 13.2. The molecule has 0 aromatic carbocycles. The van der Waals surface area contributed by atoms with Gasteiger partial charge in [-0.25, -0.2) is 9.36 Å². The second-order valence-corrected chi connectivity index (χ2v) is 7.77. The van der Waals surface area contributed by atoms with Gasteiger partial charge in [0.15, 0.2) is 0 Å². The fourth-order valence-corrected chi connectivity index (χ4v) is 3.81. The number of carboxylic acids is 1. The Morgan fingerprint density at radius 1 is 1.38 bits per heavy atom. The molecule has 0 amide bonds. The lowest BCUT2D eigenvalue weighted by Gasteiger charge is -2.35. The van der Waals surface area contributed by atoms with Crippen LogP contribution in [0.4, 0.5) is 13.2 Å². The number of carbonyl (C=O) groups is 2. The number of aliphatic carboxylic acids is 1. The summed E-state index contributed by atoms with van der Waals surface area (Å²) >= 11 is 6.38. The van der Waals surface area contributed by atoms with Crippen molar-refractivity contribution in [2.24, 2.45) is 18.4 Å². The molecule has 2 rings (SSSR count). The molecule has 2 atom stereocenters. The van der Waals surface area contributed by atoms with Crippen molar-refractivity contribution >= 4 is 29.2 Å². The largest absolute Gasteiger partial charge is 0.480 e. The number of alkyl halides is 4. The van der Waals surface area contributed by atoms with Gasteiger partial charge in [-0.1, -0.05) is 26.5 Å². The van der Waals surface area contributed by atoms with Crippen molar-refractivity contribution in [2.45, 2.75) is 25.4 Å². The number of ether oxygens (including phenoxy) is 1. The van der Waals surface area contributed by atoms with E-state index in [9.17, 15) is 37.5 Å². The van der Waals surface area contributed by atoms with Gasteiger partial charge in [-0.2, -0.15) is 13.2 Å². The highest BCUT2D eigenvalue weighted by atomic mass is 35.5. The third kappa shape index (κ3) is 4.16. The summed E-state index contributed by atoms with van der Waals surface area (Å²) in [5.41, 5.74) is -7.04. The van der Waals surface area contributed by atoms with Gasteiger partial charge in [-0.15, -0.1) is 11.6 Å². The highest BCUT2D eigenvalue weighted by molar-refractivity contribution is 6.28. The van der Waals surface area contributed by atoms with Gasteiger partial charge in [-0.3, -0.25) is 19.0 Å². The van der Waals surface area contributed by atoms with Crippen molar-refractivity contribution in [1.29, 1.82) is 0 Å². The molecule has 12 heteroatoms. The van der Waals surface area contributed by atoms with E-state index >= 15 is 0 Å². The van der Waals surface area contributed by atoms with E-state index in [0.717, 1.165) is 13.1 Å². The summed E-state index contributed by atoms with van der Waals surface area (Å²) in [4.78, 5) is 50.2. The summed E-state index contributed by atoms with van der Waals surface area (Å²) in [5, 5.41) is 8.47. The molecule has 1 aliphatic rings. The standard InChI is InChI=1S/C20H20ClF3N2O6/c1-5-6-32-17(30)19(16(28)29)9-11(7-12(10(2)3)15(19)21)26-14(27)8-13(20(22,23)24)25(4)18(26)31/h5,7-10,15H,1,6H2,2-4H3,(H,28,29). The zero-order valence-electron chi connectivity index (χ0n) is 17.3. The molecule has 32 heavy (non-hydrogen) atoms. The van der Waals surface area contributed by atoms with E-state index in [1.165, 1.54) is 12.2 Å². The Bertz CT molecular complexity index is 1150. The molecular formula is C20H20ClF3N2O6.